The molecular formula is C16H16ClF3N6O2. The van der Waals surface area contributed by atoms with E-state index in [4.69, 9.17) is 22.4 Å². The number of carbonyl (C=O) groups is 1. The summed E-state index contributed by atoms with van der Waals surface area (Å²) in [5.74, 6) is -0.729. The Morgan fingerprint density at radius 2 is 1.93 bits per heavy atom. The molecule has 1 saturated heterocycles. The molecule has 2 aromatic rings. The van der Waals surface area contributed by atoms with Crippen LogP contribution in [0.3, 0.4) is 0 Å². The van der Waals surface area contributed by atoms with E-state index in [0.29, 0.717) is 37.9 Å². The fourth-order valence-corrected chi connectivity index (χ4v) is 3.09. The van der Waals surface area contributed by atoms with Gasteiger partial charge in [0, 0.05) is 19.3 Å². The molecule has 4 N–H and O–H groups in total. The van der Waals surface area contributed by atoms with Crippen LogP contribution in [0.4, 0.5) is 36.3 Å². The van der Waals surface area contributed by atoms with Gasteiger partial charge in [-0.1, -0.05) is 11.6 Å². The summed E-state index contributed by atoms with van der Waals surface area (Å²) in [5.41, 5.74) is 5.30. The van der Waals surface area contributed by atoms with E-state index >= 15 is 0 Å². The minimum Gasteiger partial charge on any atom is -0.481 e. The number of rotatable bonds is 4. The second kappa shape index (κ2) is 7.66. The van der Waals surface area contributed by atoms with Crippen LogP contribution in [0.15, 0.2) is 18.6 Å². The number of carboxylic acids is 1. The minimum atomic E-state index is -4.56. The number of nitrogens with zero attached hydrogens (tertiary/aromatic N) is 4. The molecule has 0 amide bonds. The Kier molecular flexibility index (Phi) is 5.45. The lowest BCUT2D eigenvalue weighted by Crippen LogP contribution is -2.37. The number of nitrogens with two attached hydrogens (primary N) is 1. The molecule has 0 atom stereocenters. The molecular weight excluding hydrogens is 401 g/mol. The third kappa shape index (κ3) is 4.19. The highest BCUT2D eigenvalue weighted by Gasteiger charge is 2.32. The first-order valence-electron chi connectivity index (χ1n) is 8.25. The highest BCUT2D eigenvalue weighted by molar-refractivity contribution is 6.33. The van der Waals surface area contributed by atoms with Crippen molar-refractivity contribution in [1.82, 2.24) is 15.0 Å². The number of pyridine rings is 1. The topological polar surface area (TPSA) is 117 Å². The predicted octanol–water partition coefficient (Wildman–Crippen LogP) is 3.17. The van der Waals surface area contributed by atoms with Crippen molar-refractivity contribution in [2.45, 2.75) is 19.0 Å². The van der Waals surface area contributed by atoms with E-state index < -0.39 is 23.6 Å². The van der Waals surface area contributed by atoms with Crippen LogP contribution in [-0.2, 0) is 11.0 Å². The second-order valence-corrected chi connectivity index (χ2v) is 6.64. The first-order valence-corrected chi connectivity index (χ1v) is 8.62. The number of piperidine rings is 1. The first kappa shape index (κ1) is 19.9. The summed E-state index contributed by atoms with van der Waals surface area (Å²) in [6.07, 6.45) is -1.75. The van der Waals surface area contributed by atoms with Gasteiger partial charge in [0.25, 0.3) is 0 Å². The van der Waals surface area contributed by atoms with Gasteiger partial charge < -0.3 is 21.1 Å². The normalized spacial score (nSPS) is 15.5. The number of hydrogen-bond donors (Lipinski definition) is 3. The molecule has 12 heteroatoms. The summed E-state index contributed by atoms with van der Waals surface area (Å²) in [6.45, 7) is 0.911. The summed E-state index contributed by atoms with van der Waals surface area (Å²) in [5, 5.41) is 11.6. The van der Waals surface area contributed by atoms with Crippen LogP contribution in [0.2, 0.25) is 5.02 Å². The SMILES string of the molecule is Nc1c(Nc2ncc(C(F)(F)F)cc2Cl)ncnc1N1CCC(C(=O)O)CC1. The molecule has 8 nitrogen and oxygen atoms in total. The fourth-order valence-electron chi connectivity index (χ4n) is 2.87. The van der Waals surface area contributed by atoms with Crippen LogP contribution in [0.1, 0.15) is 18.4 Å². The molecule has 2 aromatic heterocycles. The Balaban J connectivity index is 1.80. The zero-order chi connectivity index (χ0) is 20.5. The number of nitrogen functional groups attached to an aromatic ring is 1. The smallest absolute Gasteiger partial charge is 0.417 e. The van der Waals surface area contributed by atoms with Crippen LogP contribution < -0.4 is 16.0 Å². The number of hydrogen-bond acceptors (Lipinski definition) is 7. The number of aliphatic carboxylic acids is 1. The lowest BCUT2D eigenvalue weighted by Gasteiger charge is -2.31. The van der Waals surface area contributed by atoms with Crippen molar-refractivity contribution in [1.29, 1.82) is 0 Å². The molecule has 1 fully saturated rings. The first-order chi connectivity index (χ1) is 13.2. The Labute approximate surface area is 162 Å². The van der Waals surface area contributed by atoms with E-state index in [9.17, 15) is 18.0 Å². The van der Waals surface area contributed by atoms with Gasteiger partial charge in [-0.05, 0) is 18.9 Å². The standard InChI is InChI=1S/C16H16ClF3N6O2/c17-10-5-9(16(18,19)20)6-22-12(10)25-13-11(21)14(24-7-23-13)26-3-1-8(2-4-26)15(27)28/h5-8H,1-4,21H2,(H,27,28)(H,22,23,24,25). The molecule has 0 saturated carbocycles. The van der Waals surface area contributed by atoms with Gasteiger partial charge in [0.15, 0.2) is 11.6 Å². The van der Waals surface area contributed by atoms with Gasteiger partial charge in [-0.15, -0.1) is 0 Å². The minimum absolute atomic E-state index is 0.0318. The number of halogens is 4. The number of anilines is 4. The van der Waals surface area contributed by atoms with E-state index in [1.165, 1.54) is 6.33 Å². The molecule has 1 aliphatic rings. The summed E-state index contributed by atoms with van der Waals surface area (Å²) < 4.78 is 38.2. The van der Waals surface area contributed by atoms with Crippen LogP contribution in [0.25, 0.3) is 0 Å². The quantitative estimate of drug-likeness (QED) is 0.695. The fraction of sp³-hybridized carbons (Fsp3) is 0.375. The van der Waals surface area contributed by atoms with Crippen molar-refractivity contribution < 1.29 is 23.1 Å². The van der Waals surface area contributed by atoms with Gasteiger partial charge in [0.2, 0.25) is 0 Å². The Bertz CT molecular complexity index is 887. The van der Waals surface area contributed by atoms with Crippen molar-refractivity contribution >= 4 is 40.7 Å². The Hall–Kier alpha value is -2.82. The molecule has 0 radical (unpaired) electrons. The van der Waals surface area contributed by atoms with Crippen LogP contribution in [0, 0.1) is 5.92 Å². The molecule has 0 aromatic carbocycles. The highest BCUT2D eigenvalue weighted by atomic mass is 35.5. The molecule has 0 aliphatic carbocycles. The van der Waals surface area contributed by atoms with Crippen molar-refractivity contribution in [3.8, 4) is 0 Å². The summed E-state index contributed by atoms with van der Waals surface area (Å²) in [7, 11) is 0. The number of aromatic nitrogens is 3. The number of alkyl halides is 3. The highest BCUT2D eigenvalue weighted by Crippen LogP contribution is 2.35. The van der Waals surface area contributed by atoms with Crippen molar-refractivity contribution in [3.05, 3.63) is 29.2 Å². The van der Waals surface area contributed by atoms with Crippen LogP contribution in [-0.4, -0.2) is 39.1 Å². The second-order valence-electron chi connectivity index (χ2n) is 6.24. The van der Waals surface area contributed by atoms with E-state index in [1.54, 1.807) is 0 Å². The maximum absolute atomic E-state index is 12.7. The third-order valence-corrected chi connectivity index (χ3v) is 4.70. The maximum Gasteiger partial charge on any atom is 0.417 e. The van der Waals surface area contributed by atoms with Gasteiger partial charge in [-0.25, -0.2) is 15.0 Å². The van der Waals surface area contributed by atoms with Gasteiger partial charge in [-0.2, -0.15) is 13.2 Å². The molecule has 3 rings (SSSR count). The molecule has 0 unspecified atom stereocenters. The van der Waals surface area contributed by atoms with E-state index in [1.807, 2.05) is 4.90 Å². The van der Waals surface area contributed by atoms with Crippen LogP contribution >= 0.6 is 11.6 Å². The lowest BCUT2D eigenvalue weighted by molar-refractivity contribution is -0.142. The van der Waals surface area contributed by atoms with Gasteiger partial charge in [-0.3, -0.25) is 4.79 Å². The molecule has 150 valence electrons. The third-order valence-electron chi connectivity index (χ3n) is 4.41. The van der Waals surface area contributed by atoms with Gasteiger partial charge in [0.1, 0.15) is 17.8 Å². The van der Waals surface area contributed by atoms with Gasteiger partial charge >= 0.3 is 12.1 Å². The van der Waals surface area contributed by atoms with E-state index in [2.05, 4.69) is 20.3 Å². The van der Waals surface area contributed by atoms with Crippen molar-refractivity contribution in [3.63, 3.8) is 0 Å². The van der Waals surface area contributed by atoms with Crippen LogP contribution in [0.5, 0.6) is 0 Å². The lowest BCUT2D eigenvalue weighted by atomic mass is 9.97. The van der Waals surface area contributed by atoms with Gasteiger partial charge in [0.05, 0.1) is 16.5 Å². The molecule has 0 bridgehead atoms. The molecule has 1 aliphatic heterocycles. The summed E-state index contributed by atoms with van der Waals surface area (Å²) in [4.78, 5) is 24.7. The largest absolute Gasteiger partial charge is 0.481 e. The maximum atomic E-state index is 12.7. The molecule has 3 heterocycles. The molecule has 28 heavy (non-hydrogen) atoms. The van der Waals surface area contributed by atoms with Crippen molar-refractivity contribution in [2.75, 3.05) is 29.0 Å². The zero-order valence-electron chi connectivity index (χ0n) is 14.4. The Morgan fingerprint density at radius 1 is 1.25 bits per heavy atom. The van der Waals surface area contributed by atoms with E-state index in [-0.39, 0.29) is 22.3 Å². The average Bonchev–Trinajstić information content (AvgIpc) is 2.64. The average molecular weight is 417 g/mol. The number of carboxylic acid groups (broad SMARTS) is 1. The summed E-state index contributed by atoms with van der Waals surface area (Å²) in [6, 6.07) is 0.756. The monoisotopic (exact) mass is 416 g/mol. The number of nitrogens with one attached hydrogen (secondary N) is 1. The van der Waals surface area contributed by atoms with Crippen molar-refractivity contribution in [2.24, 2.45) is 5.92 Å². The Morgan fingerprint density at radius 3 is 2.50 bits per heavy atom. The predicted molar refractivity (Wildman–Crippen MR) is 96.5 cm³/mol. The molecule has 0 spiro atoms. The summed E-state index contributed by atoms with van der Waals surface area (Å²) >= 11 is 5.90. The zero-order valence-corrected chi connectivity index (χ0v) is 15.1. The van der Waals surface area contributed by atoms with E-state index in [0.717, 1.165) is 6.07 Å².